The van der Waals surface area contributed by atoms with Crippen LogP contribution in [0.4, 0.5) is 5.69 Å². The van der Waals surface area contributed by atoms with Gasteiger partial charge in [0.15, 0.2) is 0 Å². The van der Waals surface area contributed by atoms with Gasteiger partial charge in [-0.1, -0.05) is 0 Å². The lowest BCUT2D eigenvalue weighted by Crippen LogP contribution is -2.49. The summed E-state index contributed by atoms with van der Waals surface area (Å²) in [5.74, 6) is -0.735. The number of carbonyl (C=O) groups is 2. The van der Waals surface area contributed by atoms with Crippen molar-refractivity contribution in [3.05, 3.63) is 34.7 Å². The first-order valence-electron chi connectivity index (χ1n) is 9.16. The summed E-state index contributed by atoms with van der Waals surface area (Å²) in [4.78, 5) is 38.2. The lowest BCUT2D eigenvalue weighted by atomic mass is 10.1. The highest BCUT2D eigenvalue weighted by Crippen LogP contribution is 2.23. The van der Waals surface area contributed by atoms with E-state index >= 15 is 0 Å². The molecule has 1 aliphatic rings. The summed E-state index contributed by atoms with van der Waals surface area (Å²) >= 11 is 0. The Hall–Kier alpha value is -2.74. The van der Waals surface area contributed by atoms with Crippen molar-refractivity contribution in [3.63, 3.8) is 0 Å². The molecule has 3 rings (SSSR count). The van der Waals surface area contributed by atoms with Crippen LogP contribution < -0.4 is 21.5 Å². The van der Waals surface area contributed by atoms with Crippen LogP contribution in [0.15, 0.2) is 29.2 Å². The van der Waals surface area contributed by atoms with Crippen LogP contribution in [0.5, 0.6) is 0 Å². The molecule has 1 aromatic carbocycles. The fourth-order valence-electron chi connectivity index (χ4n) is 3.50. The van der Waals surface area contributed by atoms with Gasteiger partial charge in [-0.2, -0.15) is 5.10 Å². The van der Waals surface area contributed by atoms with Gasteiger partial charge in [0.05, 0.1) is 11.6 Å². The molecule has 8 nitrogen and oxygen atoms in total. The minimum absolute atomic E-state index is 0.0649. The number of nitrogens with one attached hydrogen (secondary N) is 1. The molecular weight excluding hydrogens is 346 g/mol. The largest absolute Gasteiger partial charge is 0.368 e. The summed E-state index contributed by atoms with van der Waals surface area (Å²) in [6, 6.07) is 5.06. The quantitative estimate of drug-likeness (QED) is 0.769. The summed E-state index contributed by atoms with van der Waals surface area (Å²) in [5, 5.41) is 8.72. The Balaban J connectivity index is 1.97. The first kappa shape index (κ1) is 19.0. The SMILES string of the molecule is CC(=O)CCC(C(N)=O)n1ncc2cc(N3CCNC[C@@H]3C)ccc2c1=O. The Morgan fingerprint density at radius 1 is 1.41 bits per heavy atom. The zero-order valence-electron chi connectivity index (χ0n) is 15.6. The Kier molecular flexibility index (Phi) is 5.55. The third-order valence-electron chi connectivity index (χ3n) is 5.02. The van der Waals surface area contributed by atoms with Crippen LogP contribution in [0.1, 0.15) is 32.7 Å². The van der Waals surface area contributed by atoms with Crippen molar-refractivity contribution in [2.45, 2.75) is 38.8 Å². The number of primary amides is 1. The van der Waals surface area contributed by atoms with Crippen molar-refractivity contribution in [2.75, 3.05) is 24.5 Å². The molecule has 0 saturated carbocycles. The first-order valence-corrected chi connectivity index (χ1v) is 9.16. The van der Waals surface area contributed by atoms with Gasteiger partial charge < -0.3 is 20.7 Å². The third-order valence-corrected chi connectivity index (χ3v) is 5.02. The molecule has 0 spiro atoms. The zero-order valence-corrected chi connectivity index (χ0v) is 15.6. The number of aromatic nitrogens is 2. The summed E-state index contributed by atoms with van der Waals surface area (Å²) in [5.41, 5.74) is 6.11. The molecule has 1 amide bonds. The van der Waals surface area contributed by atoms with Crippen molar-refractivity contribution in [1.29, 1.82) is 0 Å². The Morgan fingerprint density at radius 3 is 2.85 bits per heavy atom. The molecule has 1 aliphatic heterocycles. The summed E-state index contributed by atoms with van der Waals surface area (Å²) in [7, 11) is 0. The van der Waals surface area contributed by atoms with Crippen LogP contribution in [0.25, 0.3) is 10.8 Å². The standard InChI is InChI=1S/C19H25N5O3/c1-12-10-21-7-8-23(12)15-4-5-16-14(9-15)11-22-24(19(16)27)17(18(20)26)6-3-13(2)25/h4-5,9,11-12,17,21H,3,6-8,10H2,1-2H3,(H2,20,26)/t12-,17?/m0/s1. The second-order valence-corrected chi connectivity index (χ2v) is 7.07. The maximum atomic E-state index is 12.9. The number of nitrogens with zero attached hydrogens (tertiary/aromatic N) is 3. The molecule has 1 aromatic heterocycles. The number of Topliss-reactive ketones (excluding diaryl/α,β-unsaturated/α-hetero) is 1. The Bertz CT molecular complexity index is 923. The number of benzene rings is 1. The predicted molar refractivity (Wildman–Crippen MR) is 104 cm³/mol. The van der Waals surface area contributed by atoms with Crippen LogP contribution in [-0.4, -0.2) is 47.1 Å². The molecule has 0 radical (unpaired) electrons. The predicted octanol–water partition coefficient (Wildman–Crippen LogP) is 0.590. The second-order valence-electron chi connectivity index (χ2n) is 7.07. The number of carbonyl (C=O) groups excluding carboxylic acids is 2. The lowest BCUT2D eigenvalue weighted by molar-refractivity contribution is -0.122. The van der Waals surface area contributed by atoms with E-state index in [0.717, 1.165) is 30.0 Å². The van der Waals surface area contributed by atoms with Crippen molar-refractivity contribution in [2.24, 2.45) is 5.73 Å². The maximum absolute atomic E-state index is 12.9. The summed E-state index contributed by atoms with van der Waals surface area (Å²) in [6.07, 6.45) is 1.91. The number of hydrogen-bond acceptors (Lipinski definition) is 6. The third kappa shape index (κ3) is 4.00. The van der Waals surface area contributed by atoms with Gasteiger partial charge in [0.2, 0.25) is 5.91 Å². The van der Waals surface area contributed by atoms with Gasteiger partial charge in [0.1, 0.15) is 11.8 Å². The van der Waals surface area contributed by atoms with Crippen molar-refractivity contribution in [3.8, 4) is 0 Å². The molecule has 1 fully saturated rings. The average molecular weight is 371 g/mol. The Morgan fingerprint density at radius 2 is 2.19 bits per heavy atom. The molecule has 27 heavy (non-hydrogen) atoms. The Labute approximate surface area is 157 Å². The molecule has 8 heteroatoms. The molecule has 144 valence electrons. The van der Waals surface area contributed by atoms with Gasteiger partial charge in [0, 0.05) is 43.2 Å². The van der Waals surface area contributed by atoms with E-state index in [1.807, 2.05) is 12.1 Å². The molecule has 2 heterocycles. The van der Waals surface area contributed by atoms with E-state index in [4.69, 9.17) is 5.73 Å². The van der Waals surface area contributed by atoms with Crippen LogP contribution in [-0.2, 0) is 9.59 Å². The van der Waals surface area contributed by atoms with E-state index < -0.39 is 11.9 Å². The number of ketones is 1. The van der Waals surface area contributed by atoms with E-state index in [1.165, 1.54) is 6.92 Å². The van der Waals surface area contributed by atoms with Crippen LogP contribution in [0.3, 0.4) is 0 Å². The second kappa shape index (κ2) is 7.87. The lowest BCUT2D eigenvalue weighted by Gasteiger charge is -2.36. The molecule has 1 saturated heterocycles. The number of piperazine rings is 1. The molecule has 0 bridgehead atoms. The normalized spacial score (nSPS) is 18.4. The molecule has 2 aromatic rings. The zero-order chi connectivity index (χ0) is 19.6. The number of fused-ring (bicyclic) bond motifs is 1. The topological polar surface area (TPSA) is 110 Å². The van der Waals surface area contributed by atoms with Gasteiger partial charge in [-0.25, -0.2) is 4.68 Å². The molecule has 1 unspecified atom stereocenters. The molecule has 2 atom stereocenters. The van der Waals surface area contributed by atoms with Crippen molar-refractivity contribution < 1.29 is 9.59 Å². The van der Waals surface area contributed by atoms with Crippen molar-refractivity contribution in [1.82, 2.24) is 15.1 Å². The van der Waals surface area contributed by atoms with E-state index in [-0.39, 0.29) is 24.2 Å². The number of rotatable bonds is 6. The molecule has 3 N–H and O–H groups in total. The van der Waals surface area contributed by atoms with Gasteiger partial charge >= 0.3 is 0 Å². The van der Waals surface area contributed by atoms with E-state index in [0.29, 0.717) is 16.8 Å². The van der Waals surface area contributed by atoms with E-state index in [2.05, 4.69) is 22.2 Å². The summed E-state index contributed by atoms with van der Waals surface area (Å²) in [6.45, 7) is 6.31. The summed E-state index contributed by atoms with van der Waals surface area (Å²) < 4.78 is 1.10. The fourth-order valence-corrected chi connectivity index (χ4v) is 3.50. The maximum Gasteiger partial charge on any atom is 0.275 e. The van der Waals surface area contributed by atoms with E-state index in [9.17, 15) is 14.4 Å². The van der Waals surface area contributed by atoms with Gasteiger partial charge in [-0.15, -0.1) is 0 Å². The molecular formula is C19H25N5O3. The van der Waals surface area contributed by atoms with Crippen LogP contribution in [0.2, 0.25) is 0 Å². The number of amides is 1. The smallest absolute Gasteiger partial charge is 0.275 e. The fraction of sp³-hybridized carbons (Fsp3) is 0.474. The minimum atomic E-state index is -0.932. The van der Waals surface area contributed by atoms with Gasteiger partial charge in [0.25, 0.3) is 5.56 Å². The van der Waals surface area contributed by atoms with E-state index in [1.54, 1.807) is 12.3 Å². The number of nitrogens with two attached hydrogens (primary N) is 1. The minimum Gasteiger partial charge on any atom is -0.368 e. The van der Waals surface area contributed by atoms with Crippen LogP contribution in [0, 0.1) is 0 Å². The molecule has 0 aliphatic carbocycles. The van der Waals surface area contributed by atoms with Crippen LogP contribution >= 0.6 is 0 Å². The van der Waals surface area contributed by atoms with Crippen molar-refractivity contribution >= 4 is 28.2 Å². The average Bonchev–Trinajstić information content (AvgIpc) is 2.63. The van der Waals surface area contributed by atoms with Gasteiger partial charge in [-0.05, 0) is 38.5 Å². The highest BCUT2D eigenvalue weighted by molar-refractivity contribution is 5.85. The van der Waals surface area contributed by atoms with Gasteiger partial charge in [-0.3, -0.25) is 9.59 Å². The number of anilines is 1. The highest BCUT2D eigenvalue weighted by atomic mass is 16.2. The highest BCUT2D eigenvalue weighted by Gasteiger charge is 2.22. The monoisotopic (exact) mass is 371 g/mol. The number of hydrogen-bond donors (Lipinski definition) is 2. The first-order chi connectivity index (χ1) is 12.9.